The molecule has 1 unspecified atom stereocenters. The summed E-state index contributed by atoms with van der Waals surface area (Å²) >= 11 is 5.82. The highest BCUT2D eigenvalue weighted by Gasteiger charge is 2.34. The molecule has 1 aliphatic heterocycles. The van der Waals surface area contributed by atoms with Gasteiger partial charge in [0.15, 0.2) is 5.75 Å². The Kier molecular flexibility index (Phi) is 8.31. The number of cyclic esters (lactones) is 1. The number of hydrogen-bond acceptors (Lipinski definition) is 7. The molecule has 0 saturated heterocycles. The fourth-order valence-corrected chi connectivity index (χ4v) is 3.70. The zero-order valence-corrected chi connectivity index (χ0v) is 19.8. The van der Waals surface area contributed by atoms with Gasteiger partial charge >= 0.3 is 17.9 Å². The number of ether oxygens (including phenoxy) is 4. The minimum absolute atomic E-state index is 0.0378. The topological polar surface area (TPSA) is 108 Å². The van der Waals surface area contributed by atoms with Crippen LogP contribution in [-0.2, 0) is 27.5 Å². The van der Waals surface area contributed by atoms with Crippen LogP contribution in [0.15, 0.2) is 42.5 Å². The van der Waals surface area contributed by atoms with E-state index in [1.54, 1.807) is 56.3 Å². The van der Waals surface area contributed by atoms with Gasteiger partial charge in [-0.25, -0.2) is 9.59 Å². The van der Waals surface area contributed by atoms with Gasteiger partial charge in [-0.1, -0.05) is 37.3 Å². The van der Waals surface area contributed by atoms with Gasteiger partial charge < -0.3 is 24.1 Å². The van der Waals surface area contributed by atoms with Crippen LogP contribution in [0.25, 0.3) is 0 Å². The third-order valence-electron chi connectivity index (χ3n) is 5.43. The van der Waals surface area contributed by atoms with E-state index in [-0.39, 0.29) is 31.1 Å². The molecule has 1 N–H and O–H groups in total. The van der Waals surface area contributed by atoms with Crippen molar-refractivity contribution in [1.82, 2.24) is 0 Å². The second-order valence-corrected chi connectivity index (χ2v) is 8.16. The number of carboxylic acids is 1. The molecule has 34 heavy (non-hydrogen) atoms. The van der Waals surface area contributed by atoms with Crippen LogP contribution in [0.4, 0.5) is 0 Å². The van der Waals surface area contributed by atoms with Gasteiger partial charge in [0, 0.05) is 11.5 Å². The van der Waals surface area contributed by atoms with Crippen molar-refractivity contribution in [2.75, 3.05) is 13.7 Å². The number of fused-ring (bicyclic) bond motifs is 1. The SMILES string of the molecule is COc1c(C)c2c(c(OC(=O)c3ccccc3)c1COC/C=C/C(C)[C@@H](Cl)C(=O)O)C(=O)OC2. The molecule has 1 heterocycles. The van der Waals surface area contributed by atoms with Crippen molar-refractivity contribution in [3.05, 3.63) is 70.3 Å². The number of alkyl halides is 1. The van der Waals surface area contributed by atoms with Gasteiger partial charge in [0.05, 0.1) is 31.5 Å². The third kappa shape index (κ3) is 5.40. The van der Waals surface area contributed by atoms with Crippen LogP contribution in [0.1, 0.15) is 44.3 Å². The molecule has 2 atom stereocenters. The van der Waals surface area contributed by atoms with Crippen molar-refractivity contribution >= 4 is 29.5 Å². The number of methoxy groups -OCH3 is 1. The maximum Gasteiger partial charge on any atom is 0.343 e. The highest BCUT2D eigenvalue weighted by molar-refractivity contribution is 6.29. The predicted octanol–water partition coefficient (Wildman–Crippen LogP) is 4.29. The molecule has 9 heteroatoms. The number of esters is 2. The summed E-state index contributed by atoms with van der Waals surface area (Å²) in [5.41, 5.74) is 2.18. The number of carbonyl (C=O) groups excluding carboxylic acids is 2. The van der Waals surface area contributed by atoms with Crippen LogP contribution in [0.3, 0.4) is 0 Å². The van der Waals surface area contributed by atoms with E-state index in [0.717, 1.165) is 0 Å². The van der Waals surface area contributed by atoms with Crippen molar-refractivity contribution < 1.29 is 38.4 Å². The number of halogens is 1. The summed E-state index contributed by atoms with van der Waals surface area (Å²) in [5.74, 6) is -2.26. The Labute approximate surface area is 202 Å². The normalized spacial score (nSPS) is 14.4. The number of benzene rings is 2. The number of hydrogen-bond donors (Lipinski definition) is 1. The highest BCUT2D eigenvalue weighted by Crippen LogP contribution is 2.43. The fraction of sp³-hybridized carbons (Fsp3) is 0.320. The van der Waals surface area contributed by atoms with E-state index in [1.165, 1.54) is 7.11 Å². The lowest BCUT2D eigenvalue weighted by Crippen LogP contribution is -2.20. The molecule has 1 aliphatic rings. The highest BCUT2D eigenvalue weighted by atomic mass is 35.5. The first-order valence-electron chi connectivity index (χ1n) is 10.5. The largest absolute Gasteiger partial charge is 0.496 e. The molecule has 0 saturated carbocycles. The summed E-state index contributed by atoms with van der Waals surface area (Å²) in [6.45, 7) is 3.62. The fourth-order valence-electron chi connectivity index (χ4n) is 3.62. The average molecular weight is 489 g/mol. The molecule has 0 spiro atoms. The molecule has 0 bridgehead atoms. The van der Waals surface area contributed by atoms with E-state index in [9.17, 15) is 14.4 Å². The van der Waals surface area contributed by atoms with Crippen LogP contribution in [0.2, 0.25) is 0 Å². The zero-order valence-electron chi connectivity index (χ0n) is 19.0. The number of aliphatic carboxylic acids is 1. The van der Waals surface area contributed by atoms with E-state index in [0.29, 0.717) is 28.0 Å². The molecule has 0 aliphatic carbocycles. The molecule has 2 aromatic carbocycles. The van der Waals surface area contributed by atoms with Crippen molar-refractivity contribution in [2.45, 2.75) is 32.4 Å². The molecule has 0 aromatic heterocycles. The van der Waals surface area contributed by atoms with E-state index < -0.39 is 29.2 Å². The third-order valence-corrected chi connectivity index (χ3v) is 6.01. The predicted molar refractivity (Wildman–Crippen MR) is 123 cm³/mol. The van der Waals surface area contributed by atoms with Gasteiger partial charge in [-0.15, -0.1) is 11.6 Å². The first-order chi connectivity index (χ1) is 16.3. The van der Waals surface area contributed by atoms with Gasteiger partial charge in [-0.2, -0.15) is 0 Å². The van der Waals surface area contributed by atoms with Gasteiger partial charge in [0.25, 0.3) is 0 Å². The molecule has 8 nitrogen and oxygen atoms in total. The van der Waals surface area contributed by atoms with E-state index in [2.05, 4.69) is 0 Å². The first kappa shape index (κ1) is 25.3. The van der Waals surface area contributed by atoms with Gasteiger partial charge in [-0.05, 0) is 24.6 Å². The van der Waals surface area contributed by atoms with Crippen molar-refractivity contribution in [3.63, 3.8) is 0 Å². The van der Waals surface area contributed by atoms with Crippen molar-refractivity contribution in [1.29, 1.82) is 0 Å². The van der Waals surface area contributed by atoms with Crippen LogP contribution < -0.4 is 9.47 Å². The monoisotopic (exact) mass is 488 g/mol. The van der Waals surface area contributed by atoms with E-state index in [1.807, 2.05) is 0 Å². The molecule has 0 amide bonds. The first-order valence-corrected chi connectivity index (χ1v) is 11.0. The summed E-state index contributed by atoms with van der Waals surface area (Å²) in [7, 11) is 1.48. The Balaban J connectivity index is 1.88. The molecular weight excluding hydrogens is 464 g/mol. The van der Waals surface area contributed by atoms with Crippen molar-refractivity contribution in [3.8, 4) is 11.5 Å². The maximum atomic E-state index is 12.8. The molecule has 3 rings (SSSR count). The molecular formula is C25H25ClO8. The molecule has 0 radical (unpaired) electrons. The average Bonchev–Trinajstić information content (AvgIpc) is 3.22. The van der Waals surface area contributed by atoms with Gasteiger partial charge in [0.2, 0.25) is 0 Å². The minimum atomic E-state index is -1.10. The summed E-state index contributed by atoms with van der Waals surface area (Å²) < 4.78 is 22.2. The zero-order chi connectivity index (χ0) is 24.8. The Bertz CT molecular complexity index is 1110. The number of rotatable bonds is 10. The van der Waals surface area contributed by atoms with E-state index >= 15 is 0 Å². The lowest BCUT2D eigenvalue weighted by molar-refractivity contribution is -0.137. The quantitative estimate of drug-likeness (QED) is 0.173. The lowest BCUT2D eigenvalue weighted by Gasteiger charge is -2.19. The smallest absolute Gasteiger partial charge is 0.343 e. The van der Waals surface area contributed by atoms with Crippen molar-refractivity contribution in [2.24, 2.45) is 5.92 Å². The van der Waals surface area contributed by atoms with Gasteiger partial charge in [-0.3, -0.25) is 4.79 Å². The molecule has 2 aromatic rings. The number of carbonyl (C=O) groups is 3. The van der Waals surface area contributed by atoms with Gasteiger partial charge in [0.1, 0.15) is 23.3 Å². The summed E-state index contributed by atoms with van der Waals surface area (Å²) in [6, 6.07) is 8.40. The summed E-state index contributed by atoms with van der Waals surface area (Å²) in [6.07, 6.45) is 3.30. The van der Waals surface area contributed by atoms with Crippen LogP contribution in [0, 0.1) is 12.8 Å². The molecule has 0 fully saturated rings. The Morgan fingerprint density at radius 1 is 1.24 bits per heavy atom. The minimum Gasteiger partial charge on any atom is -0.496 e. The Morgan fingerprint density at radius 2 is 1.94 bits per heavy atom. The second-order valence-electron chi connectivity index (χ2n) is 7.69. The van der Waals surface area contributed by atoms with Crippen LogP contribution in [0.5, 0.6) is 11.5 Å². The lowest BCUT2D eigenvalue weighted by atomic mass is 9.97. The second kappa shape index (κ2) is 11.2. The molecule has 180 valence electrons. The van der Waals surface area contributed by atoms with Crippen LogP contribution >= 0.6 is 11.6 Å². The Hall–Kier alpha value is -3.36. The van der Waals surface area contributed by atoms with Crippen LogP contribution in [-0.4, -0.2) is 42.1 Å². The summed E-state index contributed by atoms with van der Waals surface area (Å²) in [5, 5.41) is 7.93. The Morgan fingerprint density at radius 3 is 2.59 bits per heavy atom. The standard InChI is InChI=1S/C25H25ClO8/c1-14(20(26)23(27)28)8-7-11-32-12-18-21(31-3)15(2)17-13-33-25(30)19(17)22(18)34-24(29)16-9-5-4-6-10-16/h4-10,14,20H,11-13H2,1-3H3,(H,27,28)/b8-7+/t14?,20-/m1/s1. The van der Waals surface area contributed by atoms with E-state index in [4.69, 9.17) is 35.7 Å². The number of carboxylic acid groups (broad SMARTS) is 1. The number of allylic oxidation sites excluding steroid dienone is 1. The maximum absolute atomic E-state index is 12.8. The summed E-state index contributed by atoms with van der Waals surface area (Å²) in [4.78, 5) is 36.3.